The van der Waals surface area contributed by atoms with Crippen molar-refractivity contribution in [3.8, 4) is 0 Å². The maximum absolute atomic E-state index is 12.0. The number of nitro groups is 1. The van der Waals surface area contributed by atoms with E-state index in [9.17, 15) is 14.9 Å². The van der Waals surface area contributed by atoms with Crippen molar-refractivity contribution in [2.75, 3.05) is 5.32 Å². The Bertz CT molecular complexity index is 717. The van der Waals surface area contributed by atoms with E-state index in [1.54, 1.807) is 0 Å². The van der Waals surface area contributed by atoms with E-state index in [1.165, 1.54) is 30.3 Å². The second kappa shape index (κ2) is 6.26. The summed E-state index contributed by atoms with van der Waals surface area (Å²) in [5.74, 6) is -0.494. The van der Waals surface area contributed by atoms with Gasteiger partial charge >= 0.3 is 0 Å². The van der Waals surface area contributed by atoms with Crippen LogP contribution in [0.5, 0.6) is 0 Å². The number of nitrogens with one attached hydrogen (secondary N) is 1. The molecular weight excluding hydrogens is 341 g/mol. The van der Waals surface area contributed by atoms with Gasteiger partial charge in [0.1, 0.15) is 15.3 Å². The lowest BCUT2D eigenvalue weighted by Crippen LogP contribution is -2.12. The Morgan fingerprint density at radius 1 is 1.14 bits per heavy atom. The van der Waals surface area contributed by atoms with Gasteiger partial charge in [-0.2, -0.15) is 0 Å². The van der Waals surface area contributed by atoms with Crippen LogP contribution in [0.2, 0.25) is 15.3 Å². The summed E-state index contributed by atoms with van der Waals surface area (Å²) in [6.07, 6.45) is 0. The first-order valence-electron chi connectivity index (χ1n) is 5.45. The Kier molecular flexibility index (Phi) is 4.62. The second-order valence-corrected chi connectivity index (χ2v) is 5.06. The molecular formula is C12H6Cl3N3O3. The van der Waals surface area contributed by atoms with Gasteiger partial charge in [-0.05, 0) is 24.3 Å². The van der Waals surface area contributed by atoms with Crippen LogP contribution in [0.1, 0.15) is 10.4 Å². The Balaban J connectivity index is 2.23. The van der Waals surface area contributed by atoms with Crippen molar-refractivity contribution >= 4 is 52.1 Å². The molecule has 108 valence electrons. The van der Waals surface area contributed by atoms with Crippen LogP contribution in [0.3, 0.4) is 0 Å². The molecule has 1 amide bonds. The van der Waals surface area contributed by atoms with Gasteiger partial charge in [0.25, 0.3) is 11.6 Å². The van der Waals surface area contributed by atoms with Gasteiger partial charge in [-0.25, -0.2) is 4.98 Å². The molecule has 2 aromatic rings. The lowest BCUT2D eigenvalue weighted by molar-refractivity contribution is -0.384. The minimum Gasteiger partial charge on any atom is -0.322 e. The van der Waals surface area contributed by atoms with Crippen molar-refractivity contribution < 1.29 is 9.72 Å². The molecule has 0 atom stereocenters. The number of anilines is 1. The van der Waals surface area contributed by atoms with Crippen LogP contribution in [-0.4, -0.2) is 15.8 Å². The molecule has 6 nitrogen and oxygen atoms in total. The standard InChI is InChI=1S/C12H6Cl3N3O3/c13-8-5-7(1-2-9(8)18(20)21)16-12(19)6-3-10(14)17-11(15)4-6/h1-5H,(H,16,19). The number of amides is 1. The fourth-order valence-electron chi connectivity index (χ4n) is 1.53. The number of carbonyl (C=O) groups excluding carboxylic acids is 1. The number of pyridine rings is 1. The summed E-state index contributed by atoms with van der Waals surface area (Å²) < 4.78 is 0. The van der Waals surface area contributed by atoms with Gasteiger partial charge in [0, 0.05) is 17.3 Å². The highest BCUT2D eigenvalue weighted by molar-refractivity contribution is 6.33. The van der Waals surface area contributed by atoms with Crippen LogP contribution in [0.25, 0.3) is 0 Å². The molecule has 0 unspecified atom stereocenters. The van der Waals surface area contributed by atoms with Gasteiger partial charge in [-0.3, -0.25) is 14.9 Å². The largest absolute Gasteiger partial charge is 0.322 e. The third kappa shape index (κ3) is 3.81. The molecule has 1 aromatic carbocycles. The van der Waals surface area contributed by atoms with E-state index in [0.29, 0.717) is 5.69 Å². The Hall–Kier alpha value is -1.89. The Morgan fingerprint density at radius 2 is 1.76 bits per heavy atom. The average molecular weight is 347 g/mol. The number of nitrogens with zero attached hydrogens (tertiary/aromatic N) is 2. The predicted octanol–water partition coefficient (Wildman–Crippen LogP) is 4.20. The van der Waals surface area contributed by atoms with Crippen molar-refractivity contribution in [3.05, 3.63) is 61.3 Å². The molecule has 0 saturated carbocycles. The SMILES string of the molecule is O=C(Nc1ccc([N+](=O)[O-])c(Cl)c1)c1cc(Cl)nc(Cl)c1. The molecule has 0 radical (unpaired) electrons. The summed E-state index contributed by atoms with van der Waals surface area (Å²) in [5.41, 5.74) is 0.263. The molecule has 1 heterocycles. The summed E-state index contributed by atoms with van der Waals surface area (Å²) >= 11 is 17.2. The first-order chi connectivity index (χ1) is 9.86. The maximum Gasteiger partial charge on any atom is 0.288 e. The smallest absolute Gasteiger partial charge is 0.288 e. The van der Waals surface area contributed by atoms with E-state index < -0.39 is 10.8 Å². The van der Waals surface area contributed by atoms with E-state index in [-0.39, 0.29) is 26.6 Å². The van der Waals surface area contributed by atoms with Crippen LogP contribution >= 0.6 is 34.8 Å². The van der Waals surface area contributed by atoms with Crippen molar-refractivity contribution in [2.45, 2.75) is 0 Å². The van der Waals surface area contributed by atoms with Crippen LogP contribution < -0.4 is 5.32 Å². The van der Waals surface area contributed by atoms with Gasteiger partial charge in [-0.15, -0.1) is 0 Å². The van der Waals surface area contributed by atoms with Gasteiger partial charge < -0.3 is 5.32 Å². The normalized spacial score (nSPS) is 10.2. The monoisotopic (exact) mass is 345 g/mol. The summed E-state index contributed by atoms with van der Waals surface area (Å²) in [6.45, 7) is 0. The van der Waals surface area contributed by atoms with Crippen molar-refractivity contribution in [1.82, 2.24) is 4.98 Å². The van der Waals surface area contributed by atoms with E-state index in [4.69, 9.17) is 34.8 Å². The molecule has 0 aliphatic heterocycles. The first-order valence-corrected chi connectivity index (χ1v) is 6.58. The van der Waals surface area contributed by atoms with E-state index in [1.807, 2.05) is 0 Å². The van der Waals surface area contributed by atoms with Crippen LogP contribution in [0, 0.1) is 10.1 Å². The minimum atomic E-state index is -0.615. The Morgan fingerprint density at radius 3 is 2.29 bits per heavy atom. The summed E-state index contributed by atoms with van der Waals surface area (Å²) in [7, 11) is 0. The van der Waals surface area contributed by atoms with Gasteiger partial charge in [0.15, 0.2) is 0 Å². The zero-order valence-electron chi connectivity index (χ0n) is 10.1. The van der Waals surface area contributed by atoms with Crippen molar-refractivity contribution in [2.24, 2.45) is 0 Å². The summed E-state index contributed by atoms with van der Waals surface area (Å²) in [5, 5.41) is 13.3. The number of benzene rings is 1. The Labute approximate surface area is 133 Å². The topological polar surface area (TPSA) is 85.1 Å². The molecule has 0 aliphatic rings. The fraction of sp³-hybridized carbons (Fsp3) is 0. The zero-order valence-corrected chi connectivity index (χ0v) is 12.4. The molecule has 2 rings (SSSR count). The van der Waals surface area contributed by atoms with Crippen LogP contribution in [0.4, 0.5) is 11.4 Å². The number of nitro benzene ring substituents is 1. The average Bonchev–Trinajstić information content (AvgIpc) is 2.37. The quantitative estimate of drug-likeness (QED) is 0.512. The number of aromatic nitrogens is 1. The van der Waals surface area contributed by atoms with Crippen molar-refractivity contribution in [1.29, 1.82) is 0 Å². The molecule has 1 aromatic heterocycles. The zero-order chi connectivity index (χ0) is 15.6. The third-order valence-electron chi connectivity index (χ3n) is 2.43. The molecule has 0 bridgehead atoms. The number of rotatable bonds is 3. The predicted molar refractivity (Wildman–Crippen MR) is 80.3 cm³/mol. The highest BCUT2D eigenvalue weighted by atomic mass is 35.5. The highest BCUT2D eigenvalue weighted by Gasteiger charge is 2.14. The lowest BCUT2D eigenvalue weighted by atomic mass is 10.2. The molecule has 21 heavy (non-hydrogen) atoms. The maximum atomic E-state index is 12.0. The summed E-state index contributed by atoms with van der Waals surface area (Å²) in [6, 6.07) is 6.53. The first kappa shape index (κ1) is 15.5. The fourth-order valence-corrected chi connectivity index (χ4v) is 2.24. The van der Waals surface area contributed by atoms with E-state index >= 15 is 0 Å². The molecule has 0 fully saturated rings. The molecule has 0 aliphatic carbocycles. The number of hydrogen-bond donors (Lipinski definition) is 1. The summed E-state index contributed by atoms with van der Waals surface area (Å²) in [4.78, 5) is 25.8. The van der Waals surface area contributed by atoms with Crippen LogP contribution in [0.15, 0.2) is 30.3 Å². The minimum absolute atomic E-state index is 0.0781. The number of halogens is 3. The van der Waals surface area contributed by atoms with Crippen molar-refractivity contribution in [3.63, 3.8) is 0 Å². The number of hydrogen-bond acceptors (Lipinski definition) is 4. The van der Waals surface area contributed by atoms with Crippen LogP contribution in [-0.2, 0) is 0 Å². The highest BCUT2D eigenvalue weighted by Crippen LogP contribution is 2.27. The van der Waals surface area contributed by atoms with Gasteiger partial charge in [0.2, 0.25) is 0 Å². The van der Waals surface area contributed by atoms with Gasteiger partial charge in [-0.1, -0.05) is 34.8 Å². The number of carbonyl (C=O) groups is 1. The second-order valence-electron chi connectivity index (χ2n) is 3.88. The third-order valence-corrected chi connectivity index (χ3v) is 3.12. The molecule has 1 N–H and O–H groups in total. The molecule has 0 saturated heterocycles. The molecule has 9 heteroatoms. The van der Waals surface area contributed by atoms with E-state index in [0.717, 1.165) is 0 Å². The molecule has 0 spiro atoms. The van der Waals surface area contributed by atoms with E-state index in [2.05, 4.69) is 10.3 Å². The van der Waals surface area contributed by atoms with Gasteiger partial charge in [0.05, 0.1) is 4.92 Å². The lowest BCUT2D eigenvalue weighted by Gasteiger charge is -2.06.